The molecule has 0 aliphatic rings. The number of hydrogen-bond acceptors (Lipinski definition) is 7. The number of rotatable bonds is 6. The van der Waals surface area contributed by atoms with Crippen LogP contribution in [0, 0.1) is 0 Å². The highest BCUT2D eigenvalue weighted by atomic mass is 32.2. The van der Waals surface area contributed by atoms with Crippen LogP contribution in [0.3, 0.4) is 0 Å². The number of thiol groups is 2. The summed E-state index contributed by atoms with van der Waals surface area (Å²) in [6, 6.07) is 11.3. The number of hydrogen-bond donors (Lipinski definition) is 2. The Morgan fingerprint density at radius 3 is 1.43 bits per heavy atom. The quantitative estimate of drug-likeness (QED) is 0.586. The van der Waals surface area contributed by atoms with Crippen molar-refractivity contribution < 1.29 is 30.4 Å². The van der Waals surface area contributed by atoms with Gasteiger partial charge in [-0.25, -0.2) is 21.4 Å². The van der Waals surface area contributed by atoms with Gasteiger partial charge in [-0.15, -0.1) is 0 Å². The summed E-state index contributed by atoms with van der Waals surface area (Å²) in [5.41, 5.74) is 0. The van der Waals surface area contributed by atoms with Gasteiger partial charge in [-0.05, 0) is 24.3 Å². The molecule has 2 aromatic rings. The van der Waals surface area contributed by atoms with Gasteiger partial charge in [-0.2, -0.15) is 0 Å². The van der Waals surface area contributed by atoms with Gasteiger partial charge in [-0.3, -0.25) is 0 Å². The highest BCUT2D eigenvalue weighted by molar-refractivity contribution is 7.73. The van der Waals surface area contributed by atoms with Crippen LogP contribution in [0.4, 0.5) is 0 Å². The normalized spacial score (nSPS) is 11.6. The summed E-state index contributed by atoms with van der Waals surface area (Å²) < 4.78 is 67.5. The summed E-state index contributed by atoms with van der Waals surface area (Å²) in [5.74, 6) is -0.253. The zero-order valence-corrected chi connectivity index (χ0v) is 14.5. The Morgan fingerprint density at radius 2 is 1.09 bits per heavy atom. The first-order valence-corrected chi connectivity index (χ1v) is 10.6. The Morgan fingerprint density at radius 1 is 0.739 bits per heavy atom. The standard InChI is InChI=1S/C13H13O7PS2/c1-21(14,19-10-6-2-4-8-12(10)22(15)16)20-11-7-3-5-9-13(11)23(17)18/h2-9,22-23H,1H3. The van der Waals surface area contributed by atoms with Crippen LogP contribution in [0.25, 0.3) is 0 Å². The molecule has 0 unspecified atom stereocenters. The van der Waals surface area contributed by atoms with Gasteiger partial charge in [0.15, 0.2) is 21.4 Å². The van der Waals surface area contributed by atoms with Gasteiger partial charge >= 0.3 is 7.60 Å². The van der Waals surface area contributed by atoms with E-state index >= 15 is 0 Å². The molecule has 0 atom stereocenters. The van der Waals surface area contributed by atoms with E-state index in [1.165, 1.54) is 48.5 Å². The maximum Gasteiger partial charge on any atom is 0.427 e. The van der Waals surface area contributed by atoms with Crippen molar-refractivity contribution in [2.45, 2.75) is 9.79 Å². The average Bonchev–Trinajstić information content (AvgIpc) is 2.47. The second kappa shape index (κ2) is 7.16. The lowest BCUT2D eigenvalue weighted by molar-refractivity contribution is 0.386. The second-order valence-corrected chi connectivity index (χ2v) is 8.30. The smallest absolute Gasteiger partial charge is 0.415 e. The van der Waals surface area contributed by atoms with Crippen molar-refractivity contribution in [3.8, 4) is 11.5 Å². The zero-order chi connectivity index (χ0) is 17.0. The fourth-order valence-electron chi connectivity index (χ4n) is 1.75. The Balaban J connectivity index is 2.33. The van der Waals surface area contributed by atoms with Gasteiger partial charge < -0.3 is 9.05 Å². The van der Waals surface area contributed by atoms with Gasteiger partial charge in [0.2, 0.25) is 0 Å². The molecule has 0 spiro atoms. The van der Waals surface area contributed by atoms with E-state index < -0.39 is 29.0 Å². The summed E-state index contributed by atoms with van der Waals surface area (Å²) in [4.78, 5) is -0.285. The van der Waals surface area contributed by atoms with Crippen LogP contribution in [0.15, 0.2) is 58.3 Å². The molecule has 10 heteroatoms. The van der Waals surface area contributed by atoms with E-state index in [2.05, 4.69) is 0 Å². The third-order valence-electron chi connectivity index (χ3n) is 2.65. The van der Waals surface area contributed by atoms with Crippen molar-refractivity contribution in [1.82, 2.24) is 0 Å². The predicted octanol–water partition coefficient (Wildman–Crippen LogP) is 1.91. The Bertz CT molecular complexity index is 831. The minimum Gasteiger partial charge on any atom is -0.415 e. The highest BCUT2D eigenvalue weighted by Gasteiger charge is 2.24. The first-order chi connectivity index (χ1) is 10.8. The lowest BCUT2D eigenvalue weighted by atomic mass is 10.3. The summed E-state index contributed by atoms with van der Waals surface area (Å²) in [6.45, 7) is 1.12. The van der Waals surface area contributed by atoms with E-state index in [1.54, 1.807) is 0 Å². The largest absolute Gasteiger partial charge is 0.427 e. The summed E-state index contributed by atoms with van der Waals surface area (Å²) in [7, 11) is -9.69. The van der Waals surface area contributed by atoms with Crippen molar-refractivity contribution in [1.29, 1.82) is 0 Å². The van der Waals surface area contributed by atoms with Crippen LogP contribution in [0.5, 0.6) is 11.5 Å². The number of benzene rings is 2. The molecule has 7 nitrogen and oxygen atoms in total. The molecular weight excluding hydrogens is 363 g/mol. The monoisotopic (exact) mass is 376 g/mol. The molecule has 2 aromatic carbocycles. The molecule has 0 heterocycles. The molecule has 0 saturated heterocycles. The third kappa shape index (κ3) is 4.57. The van der Waals surface area contributed by atoms with Gasteiger partial charge in [0, 0.05) is 0 Å². The van der Waals surface area contributed by atoms with Crippen LogP contribution >= 0.6 is 7.60 Å². The summed E-state index contributed by atoms with van der Waals surface area (Å²) in [5, 5.41) is 0. The van der Waals surface area contributed by atoms with Crippen molar-refractivity contribution in [3.05, 3.63) is 48.5 Å². The van der Waals surface area contributed by atoms with Crippen LogP contribution in [-0.2, 0) is 26.0 Å². The van der Waals surface area contributed by atoms with Crippen molar-refractivity contribution in [3.63, 3.8) is 0 Å². The molecular formula is C13H13O7PS2. The average molecular weight is 376 g/mol. The van der Waals surface area contributed by atoms with E-state index in [4.69, 9.17) is 9.05 Å². The molecule has 0 aromatic heterocycles. The van der Waals surface area contributed by atoms with Crippen molar-refractivity contribution >= 4 is 29.0 Å². The van der Waals surface area contributed by atoms with E-state index in [9.17, 15) is 21.4 Å². The van der Waals surface area contributed by atoms with Crippen LogP contribution in [0.1, 0.15) is 0 Å². The molecule has 0 saturated carbocycles. The number of para-hydroxylation sites is 2. The minimum atomic E-state index is -3.80. The van der Waals surface area contributed by atoms with Crippen LogP contribution in [0.2, 0.25) is 0 Å². The van der Waals surface area contributed by atoms with Gasteiger partial charge in [-0.1, -0.05) is 24.3 Å². The Kier molecular flexibility index (Phi) is 5.46. The van der Waals surface area contributed by atoms with Gasteiger partial charge in [0.1, 0.15) is 21.3 Å². The zero-order valence-electron chi connectivity index (χ0n) is 11.8. The first kappa shape index (κ1) is 17.5. The van der Waals surface area contributed by atoms with Crippen LogP contribution < -0.4 is 9.05 Å². The molecule has 0 radical (unpaired) electrons. The SMILES string of the molecule is CP(=O)(Oc1ccccc1[SH](=O)=O)Oc1ccccc1[SH](=O)=O. The molecule has 0 amide bonds. The molecule has 124 valence electrons. The van der Waals surface area contributed by atoms with Crippen molar-refractivity contribution in [2.75, 3.05) is 6.66 Å². The molecule has 0 N–H and O–H groups in total. The van der Waals surface area contributed by atoms with Crippen LogP contribution in [-0.4, -0.2) is 23.5 Å². The fourth-order valence-corrected chi connectivity index (χ4v) is 3.98. The lowest BCUT2D eigenvalue weighted by Crippen LogP contribution is -2.02. The second-order valence-electron chi connectivity index (χ2n) is 4.40. The van der Waals surface area contributed by atoms with Gasteiger partial charge in [0.25, 0.3) is 0 Å². The molecule has 2 rings (SSSR count). The van der Waals surface area contributed by atoms with E-state index in [1.807, 2.05) is 0 Å². The van der Waals surface area contributed by atoms with E-state index in [0.29, 0.717) is 0 Å². The maximum absolute atomic E-state index is 12.5. The Labute approximate surface area is 136 Å². The molecule has 23 heavy (non-hydrogen) atoms. The molecule has 0 aliphatic carbocycles. The third-order valence-corrected chi connectivity index (χ3v) is 5.23. The Hall–Kier alpha value is -1.83. The van der Waals surface area contributed by atoms with Gasteiger partial charge in [0.05, 0.1) is 6.66 Å². The molecule has 0 bridgehead atoms. The van der Waals surface area contributed by atoms with Crippen molar-refractivity contribution in [2.24, 2.45) is 0 Å². The van der Waals surface area contributed by atoms with E-state index in [-0.39, 0.29) is 21.3 Å². The summed E-state index contributed by atoms with van der Waals surface area (Å²) >= 11 is 0. The lowest BCUT2D eigenvalue weighted by Gasteiger charge is -2.17. The molecule has 0 fully saturated rings. The summed E-state index contributed by atoms with van der Waals surface area (Å²) in [6.07, 6.45) is 0. The van der Waals surface area contributed by atoms with E-state index in [0.717, 1.165) is 6.66 Å². The maximum atomic E-state index is 12.5. The molecule has 0 aliphatic heterocycles. The first-order valence-electron chi connectivity index (χ1n) is 6.24. The topological polar surface area (TPSA) is 104 Å². The highest BCUT2D eigenvalue weighted by Crippen LogP contribution is 2.46. The fraction of sp³-hybridized carbons (Fsp3) is 0.0769. The minimum absolute atomic E-state index is 0.126. The predicted molar refractivity (Wildman–Crippen MR) is 84.8 cm³/mol.